The van der Waals surface area contributed by atoms with Gasteiger partial charge in [-0.15, -0.1) is 21.6 Å². The Balaban J connectivity index is 1.47. The van der Waals surface area contributed by atoms with Crippen LogP contribution < -0.4 is 28.4 Å². The van der Waals surface area contributed by atoms with Gasteiger partial charge < -0.3 is 28.4 Å². The highest BCUT2D eigenvalue weighted by atomic mass is 35.5. The molecular formula is C42H41ClN6O6S. The SMILES string of the molecule is COc1cc(N=N/C(=N\c2sc3c(c2C#N)C=C(/C=C\c2c(C)nn(-c4ccccc4)c2Cl)CC3(C)C)c2cc(OC)c(OC)c(OC)c2)cc(OC)c1OC. The lowest BCUT2D eigenvalue weighted by atomic mass is 9.77. The van der Waals surface area contributed by atoms with Crippen molar-refractivity contribution in [3.8, 4) is 46.3 Å². The maximum atomic E-state index is 10.7. The topological polar surface area (TPSA) is 134 Å². The van der Waals surface area contributed by atoms with Crippen LogP contribution in [0.3, 0.4) is 0 Å². The molecular weight excluding hydrogens is 752 g/mol. The number of halogens is 1. The minimum Gasteiger partial charge on any atom is -0.493 e. The van der Waals surface area contributed by atoms with E-state index in [2.05, 4.69) is 35.2 Å². The number of azo groups is 1. The fourth-order valence-electron chi connectivity index (χ4n) is 6.50. The van der Waals surface area contributed by atoms with Crippen molar-refractivity contribution in [2.24, 2.45) is 15.2 Å². The molecule has 56 heavy (non-hydrogen) atoms. The first-order valence-electron chi connectivity index (χ1n) is 17.4. The fraction of sp³-hybridized carbons (Fsp3) is 0.262. The van der Waals surface area contributed by atoms with Gasteiger partial charge >= 0.3 is 0 Å². The van der Waals surface area contributed by atoms with Crippen molar-refractivity contribution in [2.45, 2.75) is 32.6 Å². The van der Waals surface area contributed by atoms with E-state index in [-0.39, 0.29) is 11.3 Å². The summed E-state index contributed by atoms with van der Waals surface area (Å²) < 4.78 is 35.2. The molecule has 0 atom stereocenters. The van der Waals surface area contributed by atoms with E-state index < -0.39 is 0 Å². The second-order valence-electron chi connectivity index (χ2n) is 13.2. The molecule has 0 unspecified atom stereocenters. The third kappa shape index (κ3) is 7.71. The second-order valence-corrected chi connectivity index (χ2v) is 14.6. The molecule has 14 heteroatoms. The zero-order valence-electron chi connectivity index (χ0n) is 32.6. The first-order valence-corrected chi connectivity index (χ1v) is 18.6. The minimum atomic E-state index is -0.328. The fourth-order valence-corrected chi connectivity index (χ4v) is 8.04. The molecule has 2 aromatic heterocycles. The molecule has 0 bridgehead atoms. The summed E-state index contributed by atoms with van der Waals surface area (Å²) in [7, 11) is 9.16. The van der Waals surface area contributed by atoms with Gasteiger partial charge in [-0.25, -0.2) is 9.67 Å². The van der Waals surface area contributed by atoms with Crippen molar-refractivity contribution in [1.29, 1.82) is 5.26 Å². The Morgan fingerprint density at radius 3 is 2.02 bits per heavy atom. The number of rotatable bonds is 12. The molecule has 288 valence electrons. The molecule has 12 nitrogen and oxygen atoms in total. The zero-order valence-corrected chi connectivity index (χ0v) is 34.1. The van der Waals surface area contributed by atoms with E-state index in [0.29, 0.717) is 61.5 Å². The third-order valence-electron chi connectivity index (χ3n) is 9.18. The molecule has 0 amide bonds. The predicted molar refractivity (Wildman–Crippen MR) is 220 cm³/mol. The van der Waals surface area contributed by atoms with Gasteiger partial charge in [0.2, 0.25) is 11.5 Å². The quantitative estimate of drug-likeness (QED) is 0.0692. The summed E-state index contributed by atoms with van der Waals surface area (Å²) in [5.41, 5.74) is 5.35. The monoisotopic (exact) mass is 792 g/mol. The number of amidine groups is 1. The zero-order chi connectivity index (χ0) is 40.1. The molecule has 5 aromatic rings. The number of hydrogen-bond donors (Lipinski definition) is 0. The number of nitriles is 1. The average Bonchev–Trinajstić information content (AvgIpc) is 3.72. The summed E-state index contributed by atoms with van der Waals surface area (Å²) in [5, 5.41) is 25.5. The van der Waals surface area contributed by atoms with Crippen LogP contribution in [0.4, 0.5) is 10.7 Å². The molecule has 0 fully saturated rings. The molecule has 0 aliphatic heterocycles. The number of para-hydroxylation sites is 1. The smallest absolute Gasteiger partial charge is 0.203 e. The van der Waals surface area contributed by atoms with Crippen molar-refractivity contribution in [3.63, 3.8) is 0 Å². The Kier molecular flexibility index (Phi) is 11.8. The van der Waals surface area contributed by atoms with Gasteiger partial charge in [0.05, 0.1) is 65.3 Å². The van der Waals surface area contributed by atoms with Crippen molar-refractivity contribution in [2.75, 3.05) is 42.7 Å². The van der Waals surface area contributed by atoms with Gasteiger partial charge in [-0.05, 0) is 55.3 Å². The van der Waals surface area contributed by atoms with Gasteiger partial charge in [0.25, 0.3) is 0 Å². The molecule has 0 radical (unpaired) electrons. The van der Waals surface area contributed by atoms with Crippen LogP contribution in [-0.2, 0) is 5.41 Å². The normalized spacial score (nSPS) is 13.7. The van der Waals surface area contributed by atoms with Gasteiger partial charge in [-0.3, -0.25) is 0 Å². The highest BCUT2D eigenvalue weighted by molar-refractivity contribution is 7.16. The molecule has 1 aliphatic carbocycles. The van der Waals surface area contributed by atoms with Crippen LogP contribution in [0.2, 0.25) is 5.15 Å². The largest absolute Gasteiger partial charge is 0.493 e. The summed E-state index contributed by atoms with van der Waals surface area (Å²) in [5.74, 6) is 2.62. The van der Waals surface area contributed by atoms with E-state index in [0.717, 1.165) is 39.4 Å². The Labute approximate surface area is 334 Å². The molecule has 6 rings (SSSR count). The van der Waals surface area contributed by atoms with Crippen LogP contribution in [0.1, 0.15) is 53.1 Å². The summed E-state index contributed by atoms with van der Waals surface area (Å²) in [6, 6.07) is 19.0. The van der Waals surface area contributed by atoms with E-state index in [1.54, 1.807) is 28.9 Å². The number of ether oxygens (including phenoxy) is 6. The number of aliphatic imine (C=N–C) groups is 1. The number of methoxy groups -OCH3 is 6. The maximum Gasteiger partial charge on any atom is 0.203 e. The Bertz CT molecular complexity index is 2390. The lowest BCUT2D eigenvalue weighted by molar-refractivity contribution is 0.324. The van der Waals surface area contributed by atoms with Crippen LogP contribution >= 0.6 is 22.9 Å². The maximum absolute atomic E-state index is 10.7. The number of allylic oxidation sites excluding steroid dienone is 2. The van der Waals surface area contributed by atoms with Crippen LogP contribution in [0.5, 0.6) is 34.5 Å². The number of hydrogen-bond acceptors (Lipinski definition) is 11. The number of aromatic nitrogens is 2. The molecule has 1 aliphatic rings. The Hall–Kier alpha value is -6.10. The number of thiophene rings is 1. The van der Waals surface area contributed by atoms with Gasteiger partial charge in [0, 0.05) is 39.1 Å². The highest BCUT2D eigenvalue weighted by Crippen LogP contribution is 2.49. The van der Waals surface area contributed by atoms with Gasteiger partial charge in [-0.1, -0.05) is 49.7 Å². The van der Waals surface area contributed by atoms with Gasteiger partial charge in [0.1, 0.15) is 16.2 Å². The van der Waals surface area contributed by atoms with Gasteiger partial charge in [0.15, 0.2) is 28.8 Å². The van der Waals surface area contributed by atoms with Crippen molar-refractivity contribution in [3.05, 3.63) is 104 Å². The van der Waals surface area contributed by atoms with Gasteiger partial charge in [-0.2, -0.15) is 10.4 Å². The average molecular weight is 793 g/mol. The highest BCUT2D eigenvalue weighted by Gasteiger charge is 2.33. The number of aryl methyl sites for hydroxylation is 1. The van der Waals surface area contributed by atoms with Crippen LogP contribution in [0.25, 0.3) is 17.8 Å². The van der Waals surface area contributed by atoms with Crippen LogP contribution in [0.15, 0.2) is 81.5 Å². The molecule has 0 spiro atoms. The van der Waals surface area contributed by atoms with Crippen molar-refractivity contribution < 1.29 is 28.4 Å². The Morgan fingerprint density at radius 1 is 0.875 bits per heavy atom. The van der Waals surface area contributed by atoms with E-state index in [9.17, 15) is 5.26 Å². The van der Waals surface area contributed by atoms with E-state index in [4.69, 9.17) is 45.0 Å². The molecule has 0 N–H and O–H groups in total. The summed E-state index contributed by atoms with van der Waals surface area (Å²) >= 11 is 8.30. The lowest BCUT2D eigenvalue weighted by Crippen LogP contribution is -2.20. The summed E-state index contributed by atoms with van der Waals surface area (Å²) in [6.07, 6.45) is 6.80. The molecule has 2 heterocycles. The van der Waals surface area contributed by atoms with E-state index in [1.165, 1.54) is 54.0 Å². The molecule has 0 saturated carbocycles. The minimum absolute atomic E-state index is 0.190. The lowest BCUT2D eigenvalue weighted by Gasteiger charge is -2.29. The predicted octanol–water partition coefficient (Wildman–Crippen LogP) is 10.5. The third-order valence-corrected chi connectivity index (χ3v) is 11.0. The van der Waals surface area contributed by atoms with E-state index in [1.807, 2.05) is 55.5 Å². The number of fused-ring (bicyclic) bond motifs is 1. The molecule has 3 aromatic carbocycles. The first kappa shape index (κ1) is 39.6. The molecule has 0 saturated heterocycles. The van der Waals surface area contributed by atoms with Crippen LogP contribution in [-0.4, -0.2) is 58.3 Å². The second kappa shape index (κ2) is 16.7. The van der Waals surface area contributed by atoms with Crippen molar-refractivity contribution >= 4 is 51.6 Å². The first-order chi connectivity index (χ1) is 27.0. The summed E-state index contributed by atoms with van der Waals surface area (Å²) in [4.78, 5) is 6.05. The Morgan fingerprint density at radius 2 is 1.46 bits per heavy atom. The van der Waals surface area contributed by atoms with E-state index >= 15 is 0 Å². The van der Waals surface area contributed by atoms with Crippen molar-refractivity contribution in [1.82, 2.24) is 9.78 Å². The van der Waals surface area contributed by atoms with Crippen LogP contribution in [0, 0.1) is 18.3 Å². The number of nitrogens with zero attached hydrogens (tertiary/aromatic N) is 6. The standard InChI is InChI=1S/C42H41ClN6O6S/c1-24-29(39(43)49(48-24)28-13-11-10-12-14-28)16-15-25-17-30-31(23-44)41(56-38(30)42(2,3)22-25)45-40(26-18-32(50-4)36(54-8)33(19-26)51-5)47-46-27-20-34(52-6)37(55-9)35(21-27)53-7/h10-21H,22H2,1-9H3/b16-15-,45-40-,47-46?. The summed E-state index contributed by atoms with van der Waals surface area (Å²) in [6.45, 7) is 6.26. The number of benzene rings is 3.